The summed E-state index contributed by atoms with van der Waals surface area (Å²) in [4.78, 5) is 0. The normalized spacial score (nSPS) is 12.4. The van der Waals surface area contributed by atoms with Crippen LogP contribution < -0.4 is 10.5 Å². The Bertz CT molecular complexity index is 358. The van der Waals surface area contributed by atoms with Crippen LogP contribution in [0.1, 0.15) is 18.4 Å². The topological polar surface area (TPSA) is 44.5 Å². The van der Waals surface area contributed by atoms with E-state index in [0.717, 1.165) is 24.8 Å². The van der Waals surface area contributed by atoms with E-state index in [4.69, 9.17) is 15.2 Å². The number of hydrogen-bond acceptors (Lipinski definition) is 3. The van der Waals surface area contributed by atoms with E-state index in [0.29, 0.717) is 19.1 Å². The molecule has 1 aromatic rings. The number of nitrogens with two attached hydrogens (primary N) is 1. The molecule has 0 saturated carbocycles. The highest BCUT2D eigenvalue weighted by Crippen LogP contribution is 2.21. The van der Waals surface area contributed by atoms with E-state index < -0.39 is 0 Å². The number of hydrogen-bond donors (Lipinski definition) is 1. The molecule has 0 aliphatic carbocycles. The maximum atomic E-state index is 13.6. The minimum atomic E-state index is -0.315. The van der Waals surface area contributed by atoms with Crippen molar-refractivity contribution >= 4 is 0 Å². The molecule has 102 valence electrons. The molecule has 0 bridgehead atoms. The summed E-state index contributed by atoms with van der Waals surface area (Å²) in [6.07, 6.45) is 2.76. The molecule has 2 N–H and O–H groups in total. The van der Waals surface area contributed by atoms with Gasteiger partial charge in [0.05, 0.1) is 7.11 Å². The maximum absolute atomic E-state index is 13.6. The fourth-order valence-electron chi connectivity index (χ4n) is 2.06. The Morgan fingerprint density at radius 3 is 2.67 bits per heavy atom. The highest BCUT2D eigenvalue weighted by molar-refractivity contribution is 5.29. The Kier molecular flexibility index (Phi) is 6.68. The van der Waals surface area contributed by atoms with Gasteiger partial charge in [-0.15, -0.1) is 0 Å². The van der Waals surface area contributed by atoms with Crippen LogP contribution in [0.25, 0.3) is 0 Å². The molecule has 1 aromatic carbocycles. The highest BCUT2D eigenvalue weighted by Gasteiger charge is 2.11. The van der Waals surface area contributed by atoms with Crippen LogP contribution in [0, 0.1) is 11.7 Å². The smallest absolute Gasteiger partial charge is 0.165 e. The predicted molar refractivity (Wildman–Crippen MR) is 70.3 cm³/mol. The van der Waals surface area contributed by atoms with Gasteiger partial charge in [0.2, 0.25) is 0 Å². The van der Waals surface area contributed by atoms with Crippen LogP contribution in [-0.4, -0.2) is 27.4 Å². The molecule has 0 spiro atoms. The lowest BCUT2D eigenvalue weighted by atomic mass is 9.95. The van der Waals surface area contributed by atoms with Gasteiger partial charge in [0, 0.05) is 13.7 Å². The van der Waals surface area contributed by atoms with Crippen LogP contribution in [0.15, 0.2) is 18.2 Å². The van der Waals surface area contributed by atoms with Crippen LogP contribution in [0.5, 0.6) is 5.75 Å². The molecule has 0 aliphatic rings. The first kappa shape index (κ1) is 14.9. The third-order valence-electron chi connectivity index (χ3n) is 2.96. The Morgan fingerprint density at radius 1 is 1.33 bits per heavy atom. The highest BCUT2D eigenvalue weighted by atomic mass is 19.1. The van der Waals surface area contributed by atoms with E-state index in [1.807, 2.05) is 6.07 Å². The summed E-state index contributed by atoms with van der Waals surface area (Å²) in [5.41, 5.74) is 6.48. The molecule has 0 saturated heterocycles. The van der Waals surface area contributed by atoms with Crippen molar-refractivity contribution in [2.45, 2.75) is 19.3 Å². The average molecular weight is 255 g/mol. The first-order valence-electron chi connectivity index (χ1n) is 6.22. The Morgan fingerprint density at radius 2 is 2.11 bits per heavy atom. The molecule has 0 fully saturated rings. The molecule has 0 amide bonds. The lowest BCUT2D eigenvalue weighted by Gasteiger charge is -2.16. The molecular weight excluding hydrogens is 233 g/mol. The van der Waals surface area contributed by atoms with Crippen LogP contribution in [0.2, 0.25) is 0 Å². The van der Waals surface area contributed by atoms with Gasteiger partial charge in [0.15, 0.2) is 11.6 Å². The summed E-state index contributed by atoms with van der Waals surface area (Å²) < 4.78 is 23.7. The molecule has 3 nitrogen and oxygen atoms in total. The van der Waals surface area contributed by atoms with E-state index >= 15 is 0 Å². The van der Waals surface area contributed by atoms with E-state index in [1.54, 1.807) is 13.2 Å². The van der Waals surface area contributed by atoms with Crippen LogP contribution >= 0.6 is 0 Å². The van der Waals surface area contributed by atoms with Gasteiger partial charge in [-0.05, 0) is 49.4 Å². The van der Waals surface area contributed by atoms with E-state index in [1.165, 1.54) is 13.2 Å². The molecule has 1 rings (SSSR count). The number of ether oxygens (including phenoxy) is 2. The fraction of sp³-hybridized carbons (Fsp3) is 0.571. The van der Waals surface area contributed by atoms with Crippen molar-refractivity contribution in [1.82, 2.24) is 0 Å². The van der Waals surface area contributed by atoms with Gasteiger partial charge in [-0.1, -0.05) is 6.07 Å². The van der Waals surface area contributed by atoms with Crippen molar-refractivity contribution in [3.05, 3.63) is 29.6 Å². The average Bonchev–Trinajstić information content (AvgIpc) is 2.36. The molecular formula is C14H22FNO2. The second-order valence-electron chi connectivity index (χ2n) is 4.43. The standard InChI is InChI=1S/C14H22FNO2/c1-17-10-12(4-3-7-16)8-11-5-6-14(18-2)13(15)9-11/h5-6,9,12H,3-4,7-8,10,16H2,1-2H3. The van der Waals surface area contributed by atoms with Crippen LogP contribution in [0.3, 0.4) is 0 Å². The van der Waals surface area contributed by atoms with Crippen molar-refractivity contribution in [3.63, 3.8) is 0 Å². The minimum Gasteiger partial charge on any atom is -0.494 e. The number of rotatable bonds is 8. The molecule has 0 aromatic heterocycles. The van der Waals surface area contributed by atoms with Crippen molar-refractivity contribution in [1.29, 1.82) is 0 Å². The largest absolute Gasteiger partial charge is 0.494 e. The zero-order chi connectivity index (χ0) is 13.4. The molecule has 18 heavy (non-hydrogen) atoms. The van der Waals surface area contributed by atoms with Crippen molar-refractivity contribution < 1.29 is 13.9 Å². The van der Waals surface area contributed by atoms with E-state index in [-0.39, 0.29) is 11.6 Å². The van der Waals surface area contributed by atoms with Crippen LogP contribution in [0.4, 0.5) is 4.39 Å². The van der Waals surface area contributed by atoms with Gasteiger partial charge in [-0.2, -0.15) is 0 Å². The van der Waals surface area contributed by atoms with Gasteiger partial charge in [0.25, 0.3) is 0 Å². The number of benzene rings is 1. The minimum absolute atomic E-state index is 0.281. The zero-order valence-electron chi connectivity index (χ0n) is 11.1. The van der Waals surface area contributed by atoms with E-state index in [9.17, 15) is 4.39 Å². The summed E-state index contributed by atoms with van der Waals surface area (Å²) in [6, 6.07) is 5.09. The summed E-state index contributed by atoms with van der Waals surface area (Å²) in [5, 5.41) is 0. The van der Waals surface area contributed by atoms with Crippen LogP contribution in [-0.2, 0) is 11.2 Å². The van der Waals surface area contributed by atoms with Gasteiger partial charge in [0.1, 0.15) is 0 Å². The molecule has 0 radical (unpaired) electrons. The summed E-state index contributed by atoms with van der Waals surface area (Å²) in [7, 11) is 3.15. The SMILES string of the molecule is COCC(CCCN)Cc1ccc(OC)c(F)c1. The van der Waals surface area contributed by atoms with Crippen molar-refractivity contribution in [2.75, 3.05) is 27.4 Å². The molecule has 4 heteroatoms. The van der Waals surface area contributed by atoms with Gasteiger partial charge >= 0.3 is 0 Å². The van der Waals surface area contributed by atoms with Gasteiger partial charge in [-0.3, -0.25) is 0 Å². The quantitative estimate of drug-likeness (QED) is 0.775. The monoisotopic (exact) mass is 255 g/mol. The number of halogens is 1. The maximum Gasteiger partial charge on any atom is 0.165 e. The lowest BCUT2D eigenvalue weighted by molar-refractivity contribution is 0.147. The third kappa shape index (κ3) is 4.63. The summed E-state index contributed by atoms with van der Waals surface area (Å²) in [5.74, 6) is 0.348. The summed E-state index contributed by atoms with van der Waals surface area (Å²) >= 11 is 0. The first-order valence-corrected chi connectivity index (χ1v) is 6.22. The first-order chi connectivity index (χ1) is 8.71. The number of methoxy groups -OCH3 is 2. The zero-order valence-corrected chi connectivity index (χ0v) is 11.1. The molecule has 1 atom stereocenters. The lowest BCUT2D eigenvalue weighted by Crippen LogP contribution is -2.14. The fourth-order valence-corrected chi connectivity index (χ4v) is 2.06. The third-order valence-corrected chi connectivity index (χ3v) is 2.96. The Balaban J connectivity index is 2.64. The predicted octanol–water partition coefficient (Wildman–Crippen LogP) is 2.38. The molecule has 0 heterocycles. The molecule has 1 unspecified atom stereocenters. The second kappa shape index (κ2) is 8.06. The van der Waals surface area contributed by atoms with E-state index in [2.05, 4.69) is 0 Å². The van der Waals surface area contributed by atoms with Gasteiger partial charge < -0.3 is 15.2 Å². The Hall–Kier alpha value is -1.13. The Labute approximate surface area is 108 Å². The van der Waals surface area contributed by atoms with Crippen molar-refractivity contribution in [3.8, 4) is 5.75 Å². The summed E-state index contributed by atoms with van der Waals surface area (Å²) in [6.45, 7) is 1.35. The van der Waals surface area contributed by atoms with Gasteiger partial charge in [-0.25, -0.2) is 4.39 Å². The molecule has 0 aliphatic heterocycles. The second-order valence-corrected chi connectivity index (χ2v) is 4.43. The van der Waals surface area contributed by atoms with Crippen molar-refractivity contribution in [2.24, 2.45) is 11.7 Å².